The van der Waals surface area contributed by atoms with Gasteiger partial charge in [0, 0.05) is 0 Å². The van der Waals surface area contributed by atoms with Crippen LogP contribution in [0.3, 0.4) is 0 Å². The Kier molecular flexibility index (Phi) is 6.16. The summed E-state index contributed by atoms with van der Waals surface area (Å²) in [6, 6.07) is 7.75. The van der Waals surface area contributed by atoms with Crippen molar-refractivity contribution >= 4 is 17.7 Å². The van der Waals surface area contributed by atoms with E-state index in [0.29, 0.717) is 12.2 Å². The fourth-order valence-corrected chi connectivity index (χ4v) is 2.54. The van der Waals surface area contributed by atoms with Gasteiger partial charge in [0.25, 0.3) is 0 Å². The van der Waals surface area contributed by atoms with Crippen molar-refractivity contribution in [2.75, 3.05) is 18.5 Å². The van der Waals surface area contributed by atoms with Crippen LogP contribution in [0.5, 0.6) is 0 Å². The van der Waals surface area contributed by atoms with Crippen molar-refractivity contribution < 1.29 is 14.3 Å². The Morgan fingerprint density at radius 2 is 2.00 bits per heavy atom. The van der Waals surface area contributed by atoms with Gasteiger partial charge in [-0.05, 0) is 33.3 Å². The molecule has 0 saturated heterocycles. The van der Waals surface area contributed by atoms with Crippen molar-refractivity contribution in [3.63, 3.8) is 0 Å². The Bertz CT molecular complexity index is 768. The standard InChI is InChI=1S/C18H24N4O3/c1-5-25-16(23)10-19-18(24)20-17-13(3)21-22(14(17)4)11-15-8-6-7-12(2)9-15/h6-9H,5,10-11H2,1-4H3,(H2,19,20,24). The second-order valence-corrected chi connectivity index (χ2v) is 5.81. The molecule has 25 heavy (non-hydrogen) atoms. The molecule has 134 valence electrons. The molecule has 7 nitrogen and oxygen atoms in total. The Morgan fingerprint density at radius 3 is 2.68 bits per heavy atom. The number of rotatable bonds is 6. The number of nitrogens with zero attached hydrogens (tertiary/aromatic N) is 2. The number of ether oxygens (including phenoxy) is 1. The molecule has 0 aliphatic rings. The molecule has 7 heteroatoms. The van der Waals surface area contributed by atoms with Crippen LogP contribution in [0.1, 0.15) is 29.4 Å². The van der Waals surface area contributed by atoms with Crippen molar-refractivity contribution in [2.45, 2.75) is 34.2 Å². The highest BCUT2D eigenvalue weighted by atomic mass is 16.5. The highest BCUT2D eigenvalue weighted by Crippen LogP contribution is 2.20. The molecule has 0 spiro atoms. The van der Waals surface area contributed by atoms with Crippen LogP contribution in [0.25, 0.3) is 0 Å². The maximum atomic E-state index is 12.0. The molecule has 2 aromatic rings. The van der Waals surface area contributed by atoms with E-state index in [4.69, 9.17) is 4.74 Å². The molecule has 2 N–H and O–H groups in total. The maximum Gasteiger partial charge on any atom is 0.325 e. The largest absolute Gasteiger partial charge is 0.465 e. The van der Waals surface area contributed by atoms with Gasteiger partial charge >= 0.3 is 12.0 Å². The van der Waals surface area contributed by atoms with E-state index in [-0.39, 0.29) is 13.2 Å². The van der Waals surface area contributed by atoms with Crippen LogP contribution < -0.4 is 10.6 Å². The second kappa shape index (κ2) is 8.32. The first-order valence-electron chi connectivity index (χ1n) is 8.20. The predicted molar refractivity (Wildman–Crippen MR) is 95.6 cm³/mol. The summed E-state index contributed by atoms with van der Waals surface area (Å²) < 4.78 is 6.62. The topological polar surface area (TPSA) is 85.2 Å². The molecule has 2 amide bonds. The quantitative estimate of drug-likeness (QED) is 0.789. The molecule has 0 unspecified atom stereocenters. The van der Waals surface area contributed by atoms with Gasteiger partial charge in [-0.15, -0.1) is 0 Å². The van der Waals surface area contributed by atoms with E-state index in [0.717, 1.165) is 17.0 Å². The first-order chi connectivity index (χ1) is 11.9. The van der Waals surface area contributed by atoms with Gasteiger partial charge in [-0.3, -0.25) is 9.48 Å². The summed E-state index contributed by atoms with van der Waals surface area (Å²) in [5.41, 5.74) is 4.55. The first-order valence-corrected chi connectivity index (χ1v) is 8.20. The highest BCUT2D eigenvalue weighted by molar-refractivity contribution is 5.92. The Balaban J connectivity index is 2.03. The molecule has 1 aromatic heterocycles. The van der Waals surface area contributed by atoms with Gasteiger partial charge < -0.3 is 15.4 Å². The molecular formula is C18H24N4O3. The van der Waals surface area contributed by atoms with Crippen LogP contribution in [0.4, 0.5) is 10.5 Å². The number of benzene rings is 1. The lowest BCUT2D eigenvalue weighted by molar-refractivity contribution is -0.141. The fourth-order valence-electron chi connectivity index (χ4n) is 2.54. The summed E-state index contributed by atoms with van der Waals surface area (Å²) in [5.74, 6) is -0.471. The summed E-state index contributed by atoms with van der Waals surface area (Å²) in [4.78, 5) is 23.3. The summed E-state index contributed by atoms with van der Waals surface area (Å²) in [7, 11) is 0. The van der Waals surface area contributed by atoms with Crippen LogP contribution >= 0.6 is 0 Å². The molecule has 0 saturated carbocycles. The van der Waals surface area contributed by atoms with E-state index in [1.807, 2.05) is 43.7 Å². The van der Waals surface area contributed by atoms with Crippen molar-refractivity contribution in [3.8, 4) is 0 Å². The molecule has 0 fully saturated rings. The van der Waals surface area contributed by atoms with Gasteiger partial charge in [0.05, 0.1) is 30.2 Å². The van der Waals surface area contributed by atoms with Crippen LogP contribution in [0.15, 0.2) is 24.3 Å². The normalized spacial score (nSPS) is 10.4. The summed E-state index contributed by atoms with van der Waals surface area (Å²) in [6.07, 6.45) is 0. The Hall–Kier alpha value is -2.83. The van der Waals surface area contributed by atoms with Gasteiger partial charge in [-0.25, -0.2) is 4.79 Å². The molecule has 0 atom stereocenters. The number of aryl methyl sites for hydroxylation is 2. The highest BCUT2D eigenvalue weighted by Gasteiger charge is 2.15. The van der Waals surface area contributed by atoms with Gasteiger partial charge in [0.15, 0.2) is 0 Å². The lowest BCUT2D eigenvalue weighted by Crippen LogP contribution is -2.34. The van der Waals surface area contributed by atoms with Crippen molar-refractivity contribution in [2.24, 2.45) is 0 Å². The third kappa shape index (κ3) is 5.07. The van der Waals surface area contributed by atoms with Crippen molar-refractivity contribution in [3.05, 3.63) is 46.8 Å². The van der Waals surface area contributed by atoms with Gasteiger partial charge in [-0.1, -0.05) is 29.8 Å². The summed E-state index contributed by atoms with van der Waals surface area (Å²) >= 11 is 0. The zero-order valence-electron chi connectivity index (χ0n) is 15.0. The SMILES string of the molecule is CCOC(=O)CNC(=O)Nc1c(C)nn(Cc2cccc(C)c2)c1C. The van der Waals surface area contributed by atoms with Gasteiger partial charge in [0.2, 0.25) is 0 Å². The average Bonchev–Trinajstić information content (AvgIpc) is 2.81. The number of urea groups is 1. The first kappa shape index (κ1) is 18.5. The minimum atomic E-state index is -0.471. The molecule has 1 aromatic carbocycles. The van der Waals surface area contributed by atoms with Crippen LogP contribution in [0, 0.1) is 20.8 Å². The Morgan fingerprint density at radius 1 is 1.24 bits per heavy atom. The minimum Gasteiger partial charge on any atom is -0.465 e. The lowest BCUT2D eigenvalue weighted by Gasteiger charge is -2.09. The molecular weight excluding hydrogens is 320 g/mol. The van der Waals surface area contributed by atoms with E-state index in [1.54, 1.807) is 6.92 Å². The smallest absolute Gasteiger partial charge is 0.325 e. The third-order valence-electron chi connectivity index (χ3n) is 3.73. The number of anilines is 1. The van der Waals surface area contributed by atoms with Crippen molar-refractivity contribution in [1.82, 2.24) is 15.1 Å². The molecule has 0 aliphatic heterocycles. The Labute approximate surface area is 147 Å². The van der Waals surface area contributed by atoms with E-state index >= 15 is 0 Å². The predicted octanol–water partition coefficient (Wildman–Crippen LogP) is 2.54. The molecule has 0 aliphatic carbocycles. The third-order valence-corrected chi connectivity index (χ3v) is 3.73. The second-order valence-electron chi connectivity index (χ2n) is 5.81. The maximum absolute atomic E-state index is 12.0. The molecule has 2 rings (SSSR count). The lowest BCUT2D eigenvalue weighted by atomic mass is 10.1. The number of amides is 2. The minimum absolute atomic E-state index is 0.171. The number of carbonyl (C=O) groups excluding carboxylic acids is 2. The molecule has 0 radical (unpaired) electrons. The van der Waals surface area contributed by atoms with Crippen LogP contribution in [0.2, 0.25) is 0 Å². The number of hydrogen-bond acceptors (Lipinski definition) is 4. The van der Waals surface area contributed by atoms with E-state index in [9.17, 15) is 9.59 Å². The summed E-state index contributed by atoms with van der Waals surface area (Å²) in [5, 5.41) is 9.72. The number of carbonyl (C=O) groups is 2. The number of hydrogen-bond donors (Lipinski definition) is 2. The number of nitrogens with one attached hydrogen (secondary N) is 2. The number of aromatic nitrogens is 2. The van der Waals surface area contributed by atoms with E-state index in [2.05, 4.69) is 21.8 Å². The number of esters is 1. The fraction of sp³-hybridized carbons (Fsp3) is 0.389. The van der Waals surface area contributed by atoms with Gasteiger partial charge in [0.1, 0.15) is 6.54 Å². The monoisotopic (exact) mass is 344 g/mol. The zero-order valence-corrected chi connectivity index (χ0v) is 15.0. The summed E-state index contributed by atoms with van der Waals surface area (Å²) in [6.45, 7) is 8.23. The van der Waals surface area contributed by atoms with E-state index in [1.165, 1.54) is 5.56 Å². The van der Waals surface area contributed by atoms with E-state index < -0.39 is 12.0 Å². The zero-order chi connectivity index (χ0) is 18.4. The average molecular weight is 344 g/mol. The van der Waals surface area contributed by atoms with Gasteiger partial charge in [-0.2, -0.15) is 5.10 Å². The molecule has 0 bridgehead atoms. The van der Waals surface area contributed by atoms with Crippen LogP contribution in [-0.4, -0.2) is 34.9 Å². The molecule has 1 heterocycles. The van der Waals surface area contributed by atoms with Crippen LogP contribution in [-0.2, 0) is 16.1 Å². The van der Waals surface area contributed by atoms with Crippen molar-refractivity contribution in [1.29, 1.82) is 0 Å².